The molecule has 0 saturated carbocycles. The maximum absolute atomic E-state index is 13.7. The Morgan fingerprint density at radius 3 is 2.95 bits per heavy atom. The van der Waals surface area contributed by atoms with Crippen LogP contribution in [0, 0.1) is 24.1 Å². The lowest BCUT2D eigenvalue weighted by Gasteiger charge is -2.12. The van der Waals surface area contributed by atoms with E-state index in [2.05, 4.69) is 21.8 Å². The van der Waals surface area contributed by atoms with Crippen LogP contribution in [0.2, 0.25) is 0 Å². The number of hydrogen-bond acceptors (Lipinski definition) is 3. The van der Waals surface area contributed by atoms with E-state index in [1.165, 1.54) is 6.07 Å². The third-order valence-electron chi connectivity index (χ3n) is 3.20. The number of halogens is 1. The van der Waals surface area contributed by atoms with Crippen LogP contribution in [0.15, 0.2) is 24.7 Å². The number of hydrogen-bond donors (Lipinski definition) is 1. The Labute approximate surface area is 117 Å². The second kappa shape index (κ2) is 6.20. The van der Waals surface area contributed by atoms with Crippen molar-refractivity contribution in [2.75, 3.05) is 5.32 Å². The minimum Gasteiger partial charge on any atom is -0.379 e. The standard InChI is InChI=1S/C15H17FN4/c1-3-4-20-10-18-8-13(20)9-19-15-6-12(7-17)5-14(16)11(15)2/h5-6,8,10,19H,3-4,9H2,1-2H3. The first-order valence-electron chi connectivity index (χ1n) is 6.58. The van der Waals surface area contributed by atoms with Crippen LogP contribution in [0.1, 0.15) is 30.2 Å². The molecule has 5 heteroatoms. The summed E-state index contributed by atoms with van der Waals surface area (Å²) in [5.74, 6) is -0.367. The van der Waals surface area contributed by atoms with E-state index in [1.807, 2.05) is 6.07 Å². The lowest BCUT2D eigenvalue weighted by atomic mass is 10.1. The highest BCUT2D eigenvalue weighted by atomic mass is 19.1. The molecule has 0 fully saturated rings. The highest BCUT2D eigenvalue weighted by Gasteiger charge is 2.08. The Hall–Kier alpha value is -2.35. The summed E-state index contributed by atoms with van der Waals surface area (Å²) in [6.07, 6.45) is 4.61. The van der Waals surface area contributed by atoms with Crippen LogP contribution in [0.5, 0.6) is 0 Å². The molecule has 0 amide bonds. The van der Waals surface area contributed by atoms with Crippen LogP contribution in [-0.2, 0) is 13.1 Å². The number of aromatic nitrogens is 2. The predicted molar refractivity (Wildman–Crippen MR) is 75.7 cm³/mol. The molecule has 0 aliphatic rings. The lowest BCUT2D eigenvalue weighted by molar-refractivity contribution is 0.618. The minimum absolute atomic E-state index is 0.317. The van der Waals surface area contributed by atoms with Gasteiger partial charge in [0.25, 0.3) is 0 Å². The first-order chi connectivity index (χ1) is 9.65. The molecule has 1 N–H and O–H groups in total. The predicted octanol–water partition coefficient (Wildman–Crippen LogP) is 3.22. The Bertz CT molecular complexity index is 640. The van der Waals surface area contributed by atoms with Gasteiger partial charge in [0.15, 0.2) is 0 Å². The van der Waals surface area contributed by atoms with E-state index >= 15 is 0 Å². The highest BCUT2D eigenvalue weighted by Crippen LogP contribution is 2.21. The molecule has 0 atom stereocenters. The fourth-order valence-corrected chi connectivity index (χ4v) is 2.05. The van der Waals surface area contributed by atoms with Crippen LogP contribution < -0.4 is 5.32 Å². The largest absolute Gasteiger partial charge is 0.379 e. The molecule has 104 valence electrons. The number of aryl methyl sites for hydroxylation is 1. The molecule has 1 heterocycles. The number of anilines is 1. The first kappa shape index (κ1) is 14.1. The number of nitriles is 1. The smallest absolute Gasteiger partial charge is 0.129 e. The fourth-order valence-electron chi connectivity index (χ4n) is 2.05. The van der Waals surface area contributed by atoms with Crippen LogP contribution in [0.4, 0.5) is 10.1 Å². The maximum Gasteiger partial charge on any atom is 0.129 e. The zero-order valence-corrected chi connectivity index (χ0v) is 11.7. The molecule has 1 aromatic carbocycles. The maximum atomic E-state index is 13.7. The van der Waals surface area contributed by atoms with Crippen LogP contribution in [0.25, 0.3) is 0 Å². The van der Waals surface area contributed by atoms with E-state index in [-0.39, 0.29) is 5.82 Å². The number of benzene rings is 1. The topological polar surface area (TPSA) is 53.6 Å². The van der Waals surface area contributed by atoms with Gasteiger partial charge in [0, 0.05) is 24.0 Å². The SMILES string of the molecule is CCCn1cncc1CNc1cc(C#N)cc(F)c1C. The molecule has 2 aromatic rings. The van der Waals surface area contributed by atoms with Gasteiger partial charge < -0.3 is 9.88 Å². The summed E-state index contributed by atoms with van der Waals surface area (Å²) < 4.78 is 15.7. The zero-order chi connectivity index (χ0) is 14.5. The van der Waals surface area contributed by atoms with Crippen molar-refractivity contribution in [2.45, 2.75) is 33.4 Å². The van der Waals surface area contributed by atoms with Crippen molar-refractivity contribution in [2.24, 2.45) is 0 Å². The first-order valence-corrected chi connectivity index (χ1v) is 6.58. The second-order valence-electron chi connectivity index (χ2n) is 4.67. The van der Waals surface area contributed by atoms with E-state index < -0.39 is 0 Å². The van der Waals surface area contributed by atoms with E-state index in [0.717, 1.165) is 18.7 Å². The molecular weight excluding hydrogens is 255 g/mol. The van der Waals surface area contributed by atoms with E-state index in [1.54, 1.807) is 25.5 Å². The summed E-state index contributed by atoms with van der Waals surface area (Å²) in [6.45, 7) is 5.26. The molecule has 4 nitrogen and oxygen atoms in total. The average Bonchev–Trinajstić information content (AvgIpc) is 2.88. The van der Waals surface area contributed by atoms with Gasteiger partial charge in [0.2, 0.25) is 0 Å². The number of nitrogens with one attached hydrogen (secondary N) is 1. The number of nitrogens with zero attached hydrogens (tertiary/aromatic N) is 3. The van der Waals surface area contributed by atoms with Gasteiger partial charge in [0.05, 0.1) is 30.2 Å². The summed E-state index contributed by atoms with van der Waals surface area (Å²) in [5, 5.41) is 12.1. The van der Waals surface area contributed by atoms with Crippen molar-refractivity contribution in [1.82, 2.24) is 9.55 Å². The van der Waals surface area contributed by atoms with Gasteiger partial charge in [-0.25, -0.2) is 9.37 Å². The number of rotatable bonds is 5. The molecule has 0 aliphatic heterocycles. The average molecular weight is 272 g/mol. The molecular formula is C15H17FN4. The Kier molecular flexibility index (Phi) is 4.36. The van der Waals surface area contributed by atoms with Crippen LogP contribution >= 0.6 is 0 Å². The molecule has 2 rings (SSSR count). The fraction of sp³-hybridized carbons (Fsp3) is 0.333. The van der Waals surface area contributed by atoms with Gasteiger partial charge in [-0.3, -0.25) is 0 Å². The Morgan fingerprint density at radius 1 is 1.45 bits per heavy atom. The van der Waals surface area contributed by atoms with Gasteiger partial charge in [-0.1, -0.05) is 6.92 Å². The summed E-state index contributed by atoms with van der Waals surface area (Å²) in [6, 6.07) is 4.88. The summed E-state index contributed by atoms with van der Waals surface area (Å²) in [5.41, 5.74) is 2.52. The minimum atomic E-state index is -0.367. The second-order valence-corrected chi connectivity index (χ2v) is 4.67. The number of imidazole rings is 1. The summed E-state index contributed by atoms with van der Waals surface area (Å²) in [4.78, 5) is 4.12. The van der Waals surface area contributed by atoms with Gasteiger partial charge in [-0.2, -0.15) is 5.26 Å². The molecule has 0 unspecified atom stereocenters. The monoisotopic (exact) mass is 272 g/mol. The zero-order valence-electron chi connectivity index (χ0n) is 11.7. The van der Waals surface area contributed by atoms with E-state index in [0.29, 0.717) is 23.4 Å². The lowest BCUT2D eigenvalue weighted by Crippen LogP contribution is -2.08. The van der Waals surface area contributed by atoms with Gasteiger partial charge in [-0.05, 0) is 25.5 Å². The molecule has 20 heavy (non-hydrogen) atoms. The third kappa shape index (κ3) is 2.97. The van der Waals surface area contributed by atoms with Crippen LogP contribution in [-0.4, -0.2) is 9.55 Å². The highest BCUT2D eigenvalue weighted by molar-refractivity contribution is 5.55. The quantitative estimate of drug-likeness (QED) is 0.909. The molecule has 0 saturated heterocycles. The van der Waals surface area contributed by atoms with Crippen LogP contribution in [0.3, 0.4) is 0 Å². The van der Waals surface area contributed by atoms with Crippen molar-refractivity contribution in [3.8, 4) is 6.07 Å². The van der Waals surface area contributed by atoms with Crippen molar-refractivity contribution >= 4 is 5.69 Å². The molecule has 0 bridgehead atoms. The summed E-state index contributed by atoms with van der Waals surface area (Å²) >= 11 is 0. The Balaban J connectivity index is 2.17. The van der Waals surface area contributed by atoms with Gasteiger partial charge in [0.1, 0.15) is 5.82 Å². The van der Waals surface area contributed by atoms with Gasteiger partial charge >= 0.3 is 0 Å². The third-order valence-corrected chi connectivity index (χ3v) is 3.20. The van der Waals surface area contributed by atoms with Crippen molar-refractivity contribution in [3.05, 3.63) is 47.3 Å². The summed E-state index contributed by atoms with van der Waals surface area (Å²) in [7, 11) is 0. The van der Waals surface area contributed by atoms with Crippen molar-refractivity contribution in [3.63, 3.8) is 0 Å². The Morgan fingerprint density at radius 2 is 2.25 bits per heavy atom. The van der Waals surface area contributed by atoms with E-state index in [9.17, 15) is 4.39 Å². The molecule has 1 aromatic heterocycles. The molecule has 0 radical (unpaired) electrons. The van der Waals surface area contributed by atoms with Gasteiger partial charge in [-0.15, -0.1) is 0 Å². The molecule has 0 spiro atoms. The van der Waals surface area contributed by atoms with Crippen molar-refractivity contribution < 1.29 is 4.39 Å². The van der Waals surface area contributed by atoms with Crippen molar-refractivity contribution in [1.29, 1.82) is 5.26 Å². The molecule has 0 aliphatic carbocycles. The van der Waals surface area contributed by atoms with E-state index in [4.69, 9.17) is 5.26 Å². The normalized spacial score (nSPS) is 10.3.